The van der Waals surface area contributed by atoms with E-state index in [4.69, 9.17) is 5.73 Å². The Kier molecular flexibility index (Phi) is 7.79. The second kappa shape index (κ2) is 8.50. The van der Waals surface area contributed by atoms with Crippen molar-refractivity contribution in [3.63, 3.8) is 0 Å². The Balaban J connectivity index is 0.00000324. The number of carbonyl (C=O) groups is 2. The lowest BCUT2D eigenvalue weighted by Crippen LogP contribution is -2.29. The summed E-state index contributed by atoms with van der Waals surface area (Å²) in [6, 6.07) is 6.98. The molecule has 0 bridgehead atoms. The van der Waals surface area contributed by atoms with Crippen LogP contribution in [0.25, 0.3) is 0 Å². The van der Waals surface area contributed by atoms with Crippen LogP contribution in [-0.4, -0.2) is 24.9 Å². The highest BCUT2D eigenvalue weighted by atomic mass is 35.5. The van der Waals surface area contributed by atoms with Gasteiger partial charge in [-0.15, -0.1) is 12.4 Å². The van der Waals surface area contributed by atoms with Crippen molar-refractivity contribution < 1.29 is 9.59 Å². The molecule has 0 aromatic heterocycles. The minimum atomic E-state index is -0.151. The monoisotopic (exact) mass is 285 g/mol. The molecule has 0 aliphatic carbocycles. The number of carbonyl (C=O) groups excluding carboxylic acids is 2. The molecule has 0 aliphatic heterocycles. The van der Waals surface area contributed by atoms with E-state index in [9.17, 15) is 9.59 Å². The molecule has 0 fully saturated rings. The van der Waals surface area contributed by atoms with Crippen molar-refractivity contribution in [3.05, 3.63) is 35.4 Å². The Hall–Kier alpha value is -1.59. The third kappa shape index (κ3) is 6.22. The van der Waals surface area contributed by atoms with Gasteiger partial charge in [-0.3, -0.25) is 9.59 Å². The Bertz CT molecular complexity index is 436. The SMILES string of the molecule is CNC(=O)c1cccc(CNC(=O)CC(C)N)c1.Cl. The summed E-state index contributed by atoms with van der Waals surface area (Å²) >= 11 is 0. The lowest BCUT2D eigenvalue weighted by Gasteiger charge is -2.08. The lowest BCUT2D eigenvalue weighted by atomic mass is 10.1. The number of rotatable bonds is 5. The van der Waals surface area contributed by atoms with Gasteiger partial charge in [-0.2, -0.15) is 0 Å². The fraction of sp³-hybridized carbons (Fsp3) is 0.385. The van der Waals surface area contributed by atoms with Crippen LogP contribution >= 0.6 is 12.4 Å². The number of hydrogen-bond donors (Lipinski definition) is 3. The molecule has 0 radical (unpaired) electrons. The Morgan fingerprint density at radius 1 is 1.37 bits per heavy atom. The lowest BCUT2D eigenvalue weighted by molar-refractivity contribution is -0.121. The maximum atomic E-state index is 11.4. The van der Waals surface area contributed by atoms with E-state index in [-0.39, 0.29) is 30.3 Å². The molecular formula is C13H20ClN3O2. The third-order valence-electron chi connectivity index (χ3n) is 2.41. The molecule has 0 heterocycles. The molecule has 106 valence electrons. The van der Waals surface area contributed by atoms with Crippen LogP contribution in [0.4, 0.5) is 0 Å². The maximum absolute atomic E-state index is 11.4. The number of amides is 2. The van der Waals surface area contributed by atoms with Gasteiger partial charge >= 0.3 is 0 Å². The number of halogens is 1. The summed E-state index contributed by atoms with van der Waals surface area (Å²) in [5.41, 5.74) is 6.99. The Morgan fingerprint density at radius 2 is 2.05 bits per heavy atom. The maximum Gasteiger partial charge on any atom is 0.251 e. The zero-order valence-corrected chi connectivity index (χ0v) is 11.9. The molecule has 0 saturated heterocycles. The van der Waals surface area contributed by atoms with Crippen molar-refractivity contribution in [2.45, 2.75) is 25.9 Å². The molecule has 1 rings (SSSR count). The van der Waals surface area contributed by atoms with Crippen molar-refractivity contribution in [1.29, 1.82) is 0 Å². The minimum Gasteiger partial charge on any atom is -0.355 e. The molecule has 2 amide bonds. The summed E-state index contributed by atoms with van der Waals surface area (Å²) < 4.78 is 0. The van der Waals surface area contributed by atoms with Gasteiger partial charge in [-0.25, -0.2) is 0 Å². The molecule has 1 unspecified atom stereocenters. The first-order chi connectivity index (χ1) is 8.52. The summed E-state index contributed by atoms with van der Waals surface area (Å²) in [6.07, 6.45) is 0.301. The van der Waals surface area contributed by atoms with E-state index in [1.54, 1.807) is 32.2 Å². The third-order valence-corrected chi connectivity index (χ3v) is 2.41. The van der Waals surface area contributed by atoms with Gasteiger partial charge in [0.05, 0.1) is 0 Å². The van der Waals surface area contributed by atoms with Crippen molar-refractivity contribution >= 4 is 24.2 Å². The summed E-state index contributed by atoms with van der Waals surface area (Å²) in [6.45, 7) is 2.18. The van der Waals surface area contributed by atoms with Crippen LogP contribution in [-0.2, 0) is 11.3 Å². The molecule has 6 heteroatoms. The summed E-state index contributed by atoms with van der Waals surface area (Å²) in [4.78, 5) is 22.9. The van der Waals surface area contributed by atoms with Crippen molar-refractivity contribution in [2.24, 2.45) is 5.73 Å². The summed E-state index contributed by atoms with van der Waals surface area (Å²) in [7, 11) is 1.58. The highest BCUT2D eigenvalue weighted by Crippen LogP contribution is 2.05. The fourth-order valence-corrected chi connectivity index (χ4v) is 1.53. The van der Waals surface area contributed by atoms with E-state index in [0.29, 0.717) is 18.5 Å². The van der Waals surface area contributed by atoms with Crippen LogP contribution in [0, 0.1) is 0 Å². The smallest absolute Gasteiger partial charge is 0.251 e. The van der Waals surface area contributed by atoms with Gasteiger partial charge in [0.15, 0.2) is 0 Å². The van der Waals surface area contributed by atoms with Gasteiger partial charge < -0.3 is 16.4 Å². The van der Waals surface area contributed by atoms with Gasteiger partial charge in [-0.1, -0.05) is 12.1 Å². The summed E-state index contributed by atoms with van der Waals surface area (Å²) in [5, 5.41) is 5.32. The van der Waals surface area contributed by atoms with E-state index in [2.05, 4.69) is 10.6 Å². The first-order valence-electron chi connectivity index (χ1n) is 5.86. The summed E-state index contributed by atoms with van der Waals surface area (Å²) in [5.74, 6) is -0.228. The van der Waals surface area contributed by atoms with E-state index < -0.39 is 0 Å². The topological polar surface area (TPSA) is 84.2 Å². The van der Waals surface area contributed by atoms with Gasteiger partial charge in [0, 0.05) is 31.6 Å². The predicted molar refractivity (Wildman–Crippen MR) is 77.2 cm³/mol. The van der Waals surface area contributed by atoms with E-state index in [1.165, 1.54) is 0 Å². The van der Waals surface area contributed by atoms with Gasteiger partial charge in [-0.05, 0) is 24.6 Å². The number of hydrogen-bond acceptors (Lipinski definition) is 3. The molecule has 0 saturated carbocycles. The predicted octanol–water partition coefficient (Wildman–Crippen LogP) is 0.822. The molecule has 1 aromatic rings. The number of nitrogens with two attached hydrogens (primary N) is 1. The quantitative estimate of drug-likeness (QED) is 0.749. The standard InChI is InChI=1S/C13H19N3O2.ClH/c1-9(14)6-12(17)16-8-10-4-3-5-11(7-10)13(18)15-2;/h3-5,7,9H,6,8,14H2,1-2H3,(H,15,18)(H,16,17);1H. The van der Waals surface area contributed by atoms with Crippen molar-refractivity contribution in [1.82, 2.24) is 10.6 Å². The Labute approximate surface area is 119 Å². The normalized spacial score (nSPS) is 11.1. The van der Waals surface area contributed by atoms with Crippen molar-refractivity contribution in [2.75, 3.05) is 7.05 Å². The van der Waals surface area contributed by atoms with Crippen LogP contribution in [0.2, 0.25) is 0 Å². The fourth-order valence-electron chi connectivity index (χ4n) is 1.53. The number of benzene rings is 1. The van der Waals surface area contributed by atoms with Crippen LogP contribution in [0.15, 0.2) is 24.3 Å². The average Bonchev–Trinajstić information content (AvgIpc) is 2.35. The molecule has 1 aromatic carbocycles. The second-order valence-electron chi connectivity index (χ2n) is 4.24. The average molecular weight is 286 g/mol. The zero-order chi connectivity index (χ0) is 13.5. The molecule has 5 nitrogen and oxygen atoms in total. The molecule has 19 heavy (non-hydrogen) atoms. The van der Waals surface area contributed by atoms with E-state index in [0.717, 1.165) is 5.56 Å². The van der Waals surface area contributed by atoms with E-state index >= 15 is 0 Å². The van der Waals surface area contributed by atoms with Crippen LogP contribution < -0.4 is 16.4 Å². The molecule has 4 N–H and O–H groups in total. The highest BCUT2D eigenvalue weighted by Gasteiger charge is 2.06. The van der Waals surface area contributed by atoms with E-state index in [1.807, 2.05) is 6.07 Å². The van der Waals surface area contributed by atoms with Crippen LogP contribution in [0.1, 0.15) is 29.3 Å². The molecule has 1 atom stereocenters. The minimum absolute atomic E-state index is 0. The van der Waals surface area contributed by atoms with Gasteiger partial charge in [0.2, 0.25) is 5.91 Å². The highest BCUT2D eigenvalue weighted by molar-refractivity contribution is 5.94. The zero-order valence-electron chi connectivity index (χ0n) is 11.1. The molecular weight excluding hydrogens is 266 g/mol. The molecule has 0 spiro atoms. The first kappa shape index (κ1) is 17.4. The second-order valence-corrected chi connectivity index (χ2v) is 4.24. The van der Waals surface area contributed by atoms with Crippen molar-refractivity contribution in [3.8, 4) is 0 Å². The molecule has 0 aliphatic rings. The Morgan fingerprint density at radius 3 is 2.63 bits per heavy atom. The van der Waals surface area contributed by atoms with Gasteiger partial charge in [0.25, 0.3) is 5.91 Å². The van der Waals surface area contributed by atoms with Crippen LogP contribution in [0.5, 0.6) is 0 Å². The first-order valence-corrected chi connectivity index (χ1v) is 5.86. The van der Waals surface area contributed by atoms with Gasteiger partial charge in [0.1, 0.15) is 0 Å². The largest absolute Gasteiger partial charge is 0.355 e. The number of nitrogens with one attached hydrogen (secondary N) is 2. The van der Waals surface area contributed by atoms with Crippen LogP contribution in [0.3, 0.4) is 0 Å².